The largest absolute Gasteiger partial charge is 0.496 e. The maximum Gasteiger partial charge on any atom is 0.351 e. The third-order valence-corrected chi connectivity index (χ3v) is 5.84. The van der Waals surface area contributed by atoms with Crippen LogP contribution in [0.15, 0.2) is 72.2 Å². The van der Waals surface area contributed by atoms with Gasteiger partial charge in [-0.3, -0.25) is 4.79 Å². The number of halogens is 1. The molecule has 3 aromatic carbocycles. The monoisotopic (exact) mass is 534 g/mol. The van der Waals surface area contributed by atoms with Crippen molar-refractivity contribution in [3.63, 3.8) is 0 Å². The molecule has 0 aliphatic carbocycles. The second kappa shape index (κ2) is 13.5. The smallest absolute Gasteiger partial charge is 0.351 e. The molecule has 0 fully saturated rings. The van der Waals surface area contributed by atoms with E-state index in [1.54, 1.807) is 54.6 Å². The van der Waals surface area contributed by atoms with Crippen LogP contribution in [-0.4, -0.2) is 29.1 Å². The highest BCUT2D eigenvalue weighted by Crippen LogP contribution is 2.27. The van der Waals surface area contributed by atoms with Gasteiger partial charge in [0.2, 0.25) is 5.88 Å². The maximum atomic E-state index is 13.6. The van der Waals surface area contributed by atoms with Crippen LogP contribution in [0.1, 0.15) is 36.7 Å². The molecule has 4 N–H and O–H groups in total. The number of para-hydroxylation sites is 1. The Hall–Kier alpha value is -4.79. The predicted molar refractivity (Wildman–Crippen MR) is 139 cm³/mol. The molecular formula is C27H23FN4O5S. The van der Waals surface area contributed by atoms with Gasteiger partial charge in [0, 0.05) is 18.7 Å². The van der Waals surface area contributed by atoms with Crippen LogP contribution in [0.4, 0.5) is 4.39 Å². The molecule has 0 saturated heterocycles. The second-order valence-electron chi connectivity index (χ2n) is 7.55. The summed E-state index contributed by atoms with van der Waals surface area (Å²) in [5.41, 5.74) is 8.81. The molecule has 4 aromatic rings. The lowest BCUT2D eigenvalue weighted by Gasteiger charge is -2.10. The van der Waals surface area contributed by atoms with Gasteiger partial charge < -0.3 is 25.6 Å². The number of methoxy groups -OCH3 is 1. The summed E-state index contributed by atoms with van der Waals surface area (Å²) in [6.07, 6.45) is 0. The molecular weight excluding hydrogens is 511 g/mol. The quantitative estimate of drug-likeness (QED) is 0.294. The van der Waals surface area contributed by atoms with E-state index < -0.39 is 5.97 Å². The zero-order valence-electron chi connectivity index (χ0n) is 20.2. The molecule has 4 rings (SSSR count). The molecule has 194 valence electrons. The molecule has 0 unspecified atom stereocenters. The van der Waals surface area contributed by atoms with Crippen LogP contribution in [0.5, 0.6) is 17.4 Å². The summed E-state index contributed by atoms with van der Waals surface area (Å²) in [6, 6.07) is 20.1. The van der Waals surface area contributed by atoms with Crippen LogP contribution in [0.25, 0.3) is 0 Å². The van der Waals surface area contributed by atoms with E-state index in [0.29, 0.717) is 33.8 Å². The minimum atomic E-state index is -1.08. The molecule has 38 heavy (non-hydrogen) atoms. The highest BCUT2D eigenvalue weighted by molar-refractivity contribution is 7.12. The average molecular weight is 535 g/mol. The Bertz CT molecular complexity index is 1470. The van der Waals surface area contributed by atoms with E-state index in [0.717, 1.165) is 11.3 Å². The number of nitrogens with one attached hydrogen (secondary N) is 1. The molecule has 0 spiro atoms. The molecule has 0 aliphatic heterocycles. The number of ether oxygens (including phenoxy) is 2. The number of carboxylic acids is 1. The fourth-order valence-electron chi connectivity index (χ4n) is 3.17. The topological polar surface area (TPSA) is 148 Å². The molecule has 0 radical (unpaired) electrons. The van der Waals surface area contributed by atoms with Gasteiger partial charge in [-0.25, -0.2) is 14.2 Å². The fraction of sp³-hybridized carbons (Fsp3) is 0.111. The number of hydrogen-bond acceptors (Lipinski definition) is 8. The summed E-state index contributed by atoms with van der Waals surface area (Å²) < 4.78 is 24.1. The SMILES string of the molecule is COc1ccccc1C(=O)NCc1ccc(CN)c(F)c1.N#Cc1cccc(Oc2ncsc2C(=O)O)c1. The van der Waals surface area contributed by atoms with E-state index in [9.17, 15) is 14.0 Å². The molecule has 0 atom stereocenters. The summed E-state index contributed by atoms with van der Waals surface area (Å²) in [5, 5.41) is 20.3. The summed E-state index contributed by atoms with van der Waals surface area (Å²) in [7, 11) is 1.51. The standard InChI is InChI=1S/C16H17FN2O2.C11H6N2O3S/c1-21-15-5-3-2-4-13(15)16(20)19-10-11-6-7-12(9-18)14(17)8-11;12-5-7-2-1-3-8(4-7)16-10-9(11(14)15)17-6-13-10/h2-8H,9-10,18H2,1H3,(H,19,20);1-4,6H,(H,14,15). The van der Waals surface area contributed by atoms with Crippen LogP contribution in [-0.2, 0) is 13.1 Å². The van der Waals surface area contributed by atoms with Gasteiger partial charge in [-0.2, -0.15) is 5.26 Å². The number of nitriles is 1. The van der Waals surface area contributed by atoms with Crippen molar-refractivity contribution in [3.8, 4) is 23.4 Å². The predicted octanol–water partition coefficient (Wildman–Crippen LogP) is 4.73. The van der Waals surface area contributed by atoms with Crippen molar-refractivity contribution in [2.24, 2.45) is 5.73 Å². The highest BCUT2D eigenvalue weighted by Gasteiger charge is 2.15. The van der Waals surface area contributed by atoms with Crippen molar-refractivity contribution < 1.29 is 28.6 Å². The van der Waals surface area contributed by atoms with E-state index in [4.69, 9.17) is 25.6 Å². The van der Waals surface area contributed by atoms with Crippen molar-refractivity contribution >= 4 is 23.2 Å². The van der Waals surface area contributed by atoms with Crippen LogP contribution >= 0.6 is 11.3 Å². The number of nitrogens with zero attached hydrogens (tertiary/aromatic N) is 2. The van der Waals surface area contributed by atoms with E-state index in [1.807, 2.05) is 6.07 Å². The first-order chi connectivity index (χ1) is 18.4. The Labute approximate surface area is 221 Å². The number of aromatic nitrogens is 1. The third-order valence-electron chi connectivity index (χ3n) is 5.05. The first-order valence-corrected chi connectivity index (χ1v) is 12.0. The van der Waals surface area contributed by atoms with Gasteiger partial charge >= 0.3 is 5.97 Å². The zero-order chi connectivity index (χ0) is 27.5. The van der Waals surface area contributed by atoms with E-state index >= 15 is 0 Å². The van der Waals surface area contributed by atoms with E-state index in [2.05, 4.69) is 10.3 Å². The highest BCUT2D eigenvalue weighted by atomic mass is 32.1. The molecule has 0 bridgehead atoms. The number of carboxylic acid groups (broad SMARTS) is 1. The lowest BCUT2D eigenvalue weighted by Crippen LogP contribution is -2.23. The van der Waals surface area contributed by atoms with Crippen molar-refractivity contribution in [2.75, 3.05) is 7.11 Å². The minimum Gasteiger partial charge on any atom is -0.496 e. The molecule has 1 amide bonds. The van der Waals surface area contributed by atoms with E-state index in [1.165, 1.54) is 24.8 Å². The van der Waals surface area contributed by atoms with Crippen molar-refractivity contribution in [3.05, 3.63) is 105 Å². The van der Waals surface area contributed by atoms with Crippen LogP contribution in [0.2, 0.25) is 0 Å². The number of benzene rings is 3. The normalized spacial score (nSPS) is 9.95. The van der Waals surface area contributed by atoms with Crippen LogP contribution in [0.3, 0.4) is 0 Å². The van der Waals surface area contributed by atoms with Gasteiger partial charge in [-0.1, -0.05) is 30.3 Å². The summed E-state index contributed by atoms with van der Waals surface area (Å²) in [5.74, 6) is -0.786. The minimum absolute atomic E-state index is 0.0346. The lowest BCUT2D eigenvalue weighted by molar-refractivity contribution is 0.0699. The molecule has 0 aliphatic rings. The first kappa shape index (κ1) is 27.8. The van der Waals surface area contributed by atoms with Crippen molar-refractivity contribution in [1.29, 1.82) is 5.26 Å². The molecule has 11 heteroatoms. The van der Waals surface area contributed by atoms with Gasteiger partial charge in [-0.05, 0) is 42.0 Å². The lowest BCUT2D eigenvalue weighted by atomic mass is 10.1. The van der Waals surface area contributed by atoms with Gasteiger partial charge in [0.05, 0.1) is 29.8 Å². The van der Waals surface area contributed by atoms with Gasteiger partial charge in [0.25, 0.3) is 5.91 Å². The Morgan fingerprint density at radius 3 is 2.63 bits per heavy atom. The third kappa shape index (κ3) is 7.36. The molecule has 9 nitrogen and oxygen atoms in total. The number of hydrogen-bond donors (Lipinski definition) is 3. The number of thiazole rings is 1. The summed E-state index contributed by atoms with van der Waals surface area (Å²) in [6.45, 7) is 0.387. The van der Waals surface area contributed by atoms with Crippen LogP contribution < -0.4 is 20.5 Å². The Balaban J connectivity index is 0.000000215. The van der Waals surface area contributed by atoms with Crippen LogP contribution in [0, 0.1) is 17.1 Å². The zero-order valence-corrected chi connectivity index (χ0v) is 21.0. The molecule has 1 aromatic heterocycles. The van der Waals surface area contributed by atoms with Gasteiger partial charge in [0.1, 0.15) is 17.3 Å². The number of nitrogens with two attached hydrogens (primary N) is 1. The Kier molecular flexibility index (Phi) is 9.87. The van der Waals surface area contributed by atoms with Gasteiger partial charge in [0.15, 0.2) is 4.88 Å². The number of carbonyl (C=O) groups excluding carboxylic acids is 1. The Morgan fingerprint density at radius 2 is 1.95 bits per heavy atom. The van der Waals surface area contributed by atoms with Gasteiger partial charge in [-0.15, -0.1) is 11.3 Å². The number of aromatic carboxylic acids is 1. The number of carbonyl (C=O) groups is 2. The maximum absolute atomic E-state index is 13.6. The second-order valence-corrected chi connectivity index (χ2v) is 8.40. The Morgan fingerprint density at radius 1 is 1.16 bits per heavy atom. The summed E-state index contributed by atoms with van der Waals surface area (Å²) >= 11 is 0.986. The number of rotatable bonds is 8. The number of amides is 1. The fourth-order valence-corrected chi connectivity index (χ4v) is 3.72. The molecule has 1 heterocycles. The average Bonchev–Trinajstić information content (AvgIpc) is 3.40. The first-order valence-electron chi connectivity index (χ1n) is 11.1. The van der Waals surface area contributed by atoms with E-state index in [-0.39, 0.29) is 35.6 Å². The molecule has 0 saturated carbocycles. The summed E-state index contributed by atoms with van der Waals surface area (Å²) in [4.78, 5) is 26.8. The van der Waals surface area contributed by atoms with Crippen molar-refractivity contribution in [2.45, 2.75) is 13.1 Å². The van der Waals surface area contributed by atoms with Crippen molar-refractivity contribution in [1.82, 2.24) is 10.3 Å².